The Kier molecular flexibility index (Phi) is 4.41. The van der Waals surface area contributed by atoms with Gasteiger partial charge in [0.05, 0.1) is 16.6 Å². The first-order valence-electron chi connectivity index (χ1n) is 7.79. The number of hydrogen-bond donors (Lipinski definition) is 3. The van der Waals surface area contributed by atoms with Crippen LogP contribution >= 0.6 is 0 Å². The Balaban J connectivity index is 1.61. The van der Waals surface area contributed by atoms with Crippen LogP contribution in [0.4, 0.5) is 0 Å². The van der Waals surface area contributed by atoms with Gasteiger partial charge in [-0.15, -0.1) is 0 Å². The Morgan fingerprint density at radius 1 is 1.25 bits per heavy atom. The van der Waals surface area contributed by atoms with Crippen molar-refractivity contribution in [1.29, 1.82) is 0 Å². The monoisotopic (exact) mass is 325 g/mol. The summed E-state index contributed by atoms with van der Waals surface area (Å²) < 4.78 is 0. The predicted octanol–water partition coefficient (Wildman–Crippen LogP) is 1.51. The summed E-state index contributed by atoms with van der Waals surface area (Å²) in [6, 6.07) is 7.15. The SMILES string of the molecule is Cc1n[nH]c(C)c1CNC(=O)CCc1nc2ccccc2c(=O)[nH]1. The van der Waals surface area contributed by atoms with Gasteiger partial charge in [-0.25, -0.2) is 4.98 Å². The van der Waals surface area contributed by atoms with E-state index in [1.54, 1.807) is 18.2 Å². The third kappa shape index (κ3) is 3.34. The molecule has 7 nitrogen and oxygen atoms in total. The lowest BCUT2D eigenvalue weighted by Gasteiger charge is -2.06. The third-order valence-electron chi connectivity index (χ3n) is 3.99. The zero-order chi connectivity index (χ0) is 17.1. The predicted molar refractivity (Wildman–Crippen MR) is 90.6 cm³/mol. The van der Waals surface area contributed by atoms with Crippen molar-refractivity contribution < 1.29 is 4.79 Å². The number of fused-ring (bicyclic) bond motifs is 1. The number of carbonyl (C=O) groups is 1. The molecule has 0 atom stereocenters. The van der Waals surface area contributed by atoms with Crippen molar-refractivity contribution in [3.8, 4) is 0 Å². The van der Waals surface area contributed by atoms with E-state index in [2.05, 4.69) is 25.5 Å². The smallest absolute Gasteiger partial charge is 0.258 e. The minimum absolute atomic E-state index is 0.0918. The molecule has 0 aliphatic rings. The molecule has 2 heterocycles. The standard InChI is InChI=1S/C17H19N5O2/c1-10-13(11(2)22-21-10)9-18-16(23)8-7-15-19-14-6-4-3-5-12(14)17(24)20-15/h3-6H,7-9H2,1-2H3,(H,18,23)(H,21,22)(H,19,20,24). The largest absolute Gasteiger partial charge is 0.352 e. The molecule has 0 aliphatic carbocycles. The van der Waals surface area contributed by atoms with Crippen LogP contribution in [0.15, 0.2) is 29.1 Å². The summed E-state index contributed by atoms with van der Waals surface area (Å²) in [4.78, 5) is 31.1. The van der Waals surface area contributed by atoms with Gasteiger partial charge in [0, 0.05) is 30.6 Å². The number of aromatic nitrogens is 4. The number of hydrogen-bond acceptors (Lipinski definition) is 4. The van der Waals surface area contributed by atoms with Crippen molar-refractivity contribution in [2.45, 2.75) is 33.2 Å². The van der Waals surface area contributed by atoms with Crippen molar-refractivity contribution >= 4 is 16.8 Å². The highest BCUT2D eigenvalue weighted by atomic mass is 16.1. The maximum absolute atomic E-state index is 12.0. The quantitative estimate of drug-likeness (QED) is 0.661. The molecule has 24 heavy (non-hydrogen) atoms. The molecular weight excluding hydrogens is 306 g/mol. The van der Waals surface area contributed by atoms with Crippen LogP contribution in [0.2, 0.25) is 0 Å². The second-order valence-corrected chi connectivity index (χ2v) is 5.72. The van der Waals surface area contributed by atoms with Crippen molar-refractivity contribution in [3.63, 3.8) is 0 Å². The van der Waals surface area contributed by atoms with E-state index in [1.807, 2.05) is 19.9 Å². The van der Waals surface area contributed by atoms with E-state index in [0.717, 1.165) is 17.0 Å². The van der Waals surface area contributed by atoms with Crippen LogP contribution in [-0.2, 0) is 17.8 Å². The highest BCUT2D eigenvalue weighted by Crippen LogP contribution is 2.09. The molecule has 0 aliphatic heterocycles. The number of aromatic amines is 2. The molecule has 1 aromatic carbocycles. The second-order valence-electron chi connectivity index (χ2n) is 5.72. The first-order valence-corrected chi connectivity index (χ1v) is 7.79. The van der Waals surface area contributed by atoms with Crippen LogP contribution in [0.3, 0.4) is 0 Å². The van der Waals surface area contributed by atoms with Crippen molar-refractivity contribution in [1.82, 2.24) is 25.5 Å². The molecule has 0 spiro atoms. The summed E-state index contributed by atoms with van der Waals surface area (Å²) in [6.45, 7) is 4.26. The van der Waals surface area contributed by atoms with Gasteiger partial charge in [-0.3, -0.25) is 14.7 Å². The summed E-state index contributed by atoms with van der Waals surface area (Å²) in [5, 5.41) is 10.4. The topological polar surface area (TPSA) is 104 Å². The number of nitrogens with zero attached hydrogens (tertiary/aromatic N) is 2. The van der Waals surface area contributed by atoms with Gasteiger partial charge >= 0.3 is 0 Å². The number of para-hydroxylation sites is 1. The number of benzene rings is 1. The Morgan fingerprint density at radius 3 is 2.79 bits per heavy atom. The second kappa shape index (κ2) is 6.66. The molecule has 124 valence electrons. The van der Waals surface area contributed by atoms with Gasteiger partial charge in [-0.2, -0.15) is 5.10 Å². The maximum Gasteiger partial charge on any atom is 0.258 e. The van der Waals surface area contributed by atoms with Gasteiger partial charge in [0.1, 0.15) is 5.82 Å². The van der Waals surface area contributed by atoms with Crippen LogP contribution in [0.5, 0.6) is 0 Å². The number of amides is 1. The minimum atomic E-state index is -0.180. The minimum Gasteiger partial charge on any atom is -0.352 e. The fraction of sp³-hybridized carbons (Fsp3) is 0.294. The van der Waals surface area contributed by atoms with Gasteiger partial charge in [0.25, 0.3) is 5.56 Å². The fourth-order valence-corrected chi connectivity index (χ4v) is 2.60. The summed E-state index contributed by atoms with van der Waals surface area (Å²) >= 11 is 0. The molecule has 0 bridgehead atoms. The van der Waals surface area contributed by atoms with Crippen molar-refractivity contribution in [3.05, 3.63) is 57.4 Å². The van der Waals surface area contributed by atoms with E-state index in [0.29, 0.717) is 29.7 Å². The molecule has 0 saturated carbocycles. The van der Waals surface area contributed by atoms with Gasteiger partial charge < -0.3 is 10.3 Å². The van der Waals surface area contributed by atoms with Crippen molar-refractivity contribution in [2.24, 2.45) is 0 Å². The molecule has 0 saturated heterocycles. The van der Waals surface area contributed by atoms with Crippen LogP contribution < -0.4 is 10.9 Å². The molecule has 3 rings (SSSR count). The molecule has 1 amide bonds. The summed E-state index contributed by atoms with van der Waals surface area (Å²) in [6.07, 6.45) is 0.645. The van der Waals surface area contributed by atoms with Crippen LogP contribution in [0.25, 0.3) is 10.9 Å². The number of carbonyl (C=O) groups excluding carboxylic acids is 1. The third-order valence-corrected chi connectivity index (χ3v) is 3.99. The van der Waals surface area contributed by atoms with Crippen LogP contribution in [0.1, 0.15) is 29.2 Å². The first kappa shape index (κ1) is 15.9. The van der Waals surface area contributed by atoms with Gasteiger partial charge in [0.15, 0.2) is 0 Å². The van der Waals surface area contributed by atoms with E-state index in [4.69, 9.17) is 0 Å². The summed E-state index contributed by atoms with van der Waals surface area (Å²) in [5.41, 5.74) is 3.30. The highest BCUT2D eigenvalue weighted by molar-refractivity contribution is 5.78. The lowest BCUT2D eigenvalue weighted by Crippen LogP contribution is -2.24. The molecular formula is C17H19N5O2. The zero-order valence-corrected chi connectivity index (χ0v) is 13.6. The van der Waals surface area contributed by atoms with E-state index < -0.39 is 0 Å². The van der Waals surface area contributed by atoms with E-state index in [1.165, 1.54) is 0 Å². The van der Waals surface area contributed by atoms with Crippen LogP contribution in [0, 0.1) is 13.8 Å². The van der Waals surface area contributed by atoms with E-state index in [-0.39, 0.29) is 17.9 Å². The molecule has 0 unspecified atom stereocenters. The molecule has 3 aromatic rings. The number of H-pyrrole nitrogens is 2. The molecule has 7 heteroatoms. The molecule has 0 fully saturated rings. The maximum atomic E-state index is 12.0. The molecule has 0 radical (unpaired) electrons. The number of aryl methyl sites for hydroxylation is 3. The lowest BCUT2D eigenvalue weighted by atomic mass is 10.2. The van der Waals surface area contributed by atoms with E-state index >= 15 is 0 Å². The molecule has 3 N–H and O–H groups in total. The van der Waals surface area contributed by atoms with Gasteiger partial charge in [0.2, 0.25) is 5.91 Å². The Hall–Kier alpha value is -2.96. The van der Waals surface area contributed by atoms with E-state index in [9.17, 15) is 9.59 Å². The number of nitrogens with one attached hydrogen (secondary N) is 3. The Labute approximate surface area is 138 Å². The highest BCUT2D eigenvalue weighted by Gasteiger charge is 2.09. The van der Waals surface area contributed by atoms with Crippen LogP contribution in [-0.4, -0.2) is 26.1 Å². The van der Waals surface area contributed by atoms with Crippen molar-refractivity contribution in [2.75, 3.05) is 0 Å². The average Bonchev–Trinajstić information content (AvgIpc) is 2.89. The Bertz CT molecular complexity index is 922. The van der Waals surface area contributed by atoms with Gasteiger partial charge in [-0.1, -0.05) is 12.1 Å². The fourth-order valence-electron chi connectivity index (χ4n) is 2.60. The lowest BCUT2D eigenvalue weighted by molar-refractivity contribution is -0.121. The Morgan fingerprint density at radius 2 is 2.04 bits per heavy atom. The normalized spacial score (nSPS) is 10.9. The summed E-state index contributed by atoms with van der Waals surface area (Å²) in [7, 11) is 0. The zero-order valence-electron chi connectivity index (χ0n) is 13.6. The summed E-state index contributed by atoms with van der Waals surface area (Å²) in [5.74, 6) is 0.426. The number of rotatable bonds is 5. The first-order chi connectivity index (χ1) is 11.5. The molecule has 2 aromatic heterocycles. The van der Waals surface area contributed by atoms with Gasteiger partial charge in [-0.05, 0) is 26.0 Å². The average molecular weight is 325 g/mol.